The molecule has 17 heteroatoms. The standard InChI is InChI=1S/C31H21F6N3O6S2/c1-45-20-12-14(10-11-19(20)46-13-21(41)38-17-8-4-2-6-15(17)30(32,33)34)22-23-25(47-26-24(22)48-29(44)39-26)28(43)40(27(23)42)18-9-5-3-7-16(18)31(35,36)37/h2-12,22-23,25H,13H2,1H3,(H,38,41)(H,39,44)/t22-,23-,25+/m0/s1. The van der Waals surface area contributed by atoms with E-state index in [2.05, 4.69) is 10.3 Å². The Balaban J connectivity index is 1.30. The number of carbonyl (C=O) groups excluding carboxylic acids is 3. The summed E-state index contributed by atoms with van der Waals surface area (Å²) in [5.41, 5.74) is -2.93. The summed E-state index contributed by atoms with van der Waals surface area (Å²) in [4.78, 5) is 55.6. The predicted molar refractivity (Wildman–Crippen MR) is 162 cm³/mol. The number of thiazole rings is 1. The molecule has 1 saturated heterocycles. The third kappa shape index (κ3) is 6.03. The van der Waals surface area contributed by atoms with Crippen molar-refractivity contribution in [1.29, 1.82) is 0 Å². The van der Waals surface area contributed by atoms with E-state index in [1.54, 1.807) is 0 Å². The summed E-state index contributed by atoms with van der Waals surface area (Å²) in [5, 5.41) is 1.28. The average molecular weight is 710 g/mol. The fraction of sp³-hybridized carbons (Fsp3) is 0.226. The lowest BCUT2D eigenvalue weighted by Gasteiger charge is -2.30. The van der Waals surface area contributed by atoms with Gasteiger partial charge in [0, 0.05) is 10.8 Å². The van der Waals surface area contributed by atoms with Gasteiger partial charge in [-0.05, 0) is 42.0 Å². The number of hydrogen-bond donors (Lipinski definition) is 2. The van der Waals surface area contributed by atoms with Crippen molar-refractivity contribution in [3.63, 3.8) is 0 Å². The molecule has 0 saturated carbocycles. The topological polar surface area (TPSA) is 118 Å². The molecular weight excluding hydrogens is 688 g/mol. The van der Waals surface area contributed by atoms with Gasteiger partial charge < -0.3 is 19.8 Å². The molecule has 9 nitrogen and oxygen atoms in total. The lowest BCUT2D eigenvalue weighted by Crippen LogP contribution is -2.33. The molecule has 0 bridgehead atoms. The molecule has 0 spiro atoms. The highest BCUT2D eigenvalue weighted by Crippen LogP contribution is 2.54. The van der Waals surface area contributed by atoms with Gasteiger partial charge in [0.15, 0.2) is 18.1 Å². The predicted octanol–water partition coefficient (Wildman–Crippen LogP) is 6.30. The number of nitrogens with zero attached hydrogens (tertiary/aromatic N) is 1. The fourth-order valence-corrected chi connectivity index (χ4v) is 8.20. The summed E-state index contributed by atoms with van der Waals surface area (Å²) in [5.74, 6) is -4.81. The summed E-state index contributed by atoms with van der Waals surface area (Å²) >= 11 is 1.67. The molecule has 2 aliphatic heterocycles. The van der Waals surface area contributed by atoms with E-state index in [1.165, 1.54) is 43.5 Å². The highest BCUT2D eigenvalue weighted by atomic mass is 32.2. The Morgan fingerprint density at radius 1 is 0.896 bits per heavy atom. The van der Waals surface area contributed by atoms with Crippen molar-refractivity contribution in [2.75, 3.05) is 23.9 Å². The molecule has 250 valence electrons. The molecular formula is C31H21F6N3O6S2. The SMILES string of the molecule is COc1cc([C@@H]2c3sc(=O)[nH]c3S[C@H]3C(=O)N(c4ccccc4C(F)(F)F)C(=O)[C@@H]23)ccc1OCC(=O)Nc1ccccc1C(F)(F)F. The second-order valence-corrected chi connectivity index (χ2v) is 12.7. The van der Waals surface area contributed by atoms with E-state index >= 15 is 0 Å². The maximum absolute atomic E-state index is 13.9. The van der Waals surface area contributed by atoms with Gasteiger partial charge in [-0.25, -0.2) is 4.90 Å². The van der Waals surface area contributed by atoms with Gasteiger partial charge in [0.2, 0.25) is 11.8 Å². The summed E-state index contributed by atoms with van der Waals surface area (Å²) in [6.07, 6.45) is -9.57. The fourth-order valence-electron chi connectivity index (χ4n) is 5.69. The number of aromatic amines is 1. The zero-order chi connectivity index (χ0) is 34.5. The minimum Gasteiger partial charge on any atom is -0.493 e. The largest absolute Gasteiger partial charge is 0.493 e. The summed E-state index contributed by atoms with van der Waals surface area (Å²) in [6.45, 7) is -0.712. The zero-order valence-corrected chi connectivity index (χ0v) is 25.9. The van der Waals surface area contributed by atoms with E-state index in [9.17, 15) is 45.5 Å². The Kier molecular flexibility index (Phi) is 8.53. The van der Waals surface area contributed by atoms with Crippen LogP contribution in [0.25, 0.3) is 0 Å². The number of ether oxygens (including phenoxy) is 2. The van der Waals surface area contributed by atoms with Crippen LogP contribution in [0.1, 0.15) is 27.5 Å². The molecule has 2 N–H and O–H groups in total. The number of imide groups is 1. The number of fused-ring (bicyclic) bond motifs is 2. The van der Waals surface area contributed by atoms with Crippen LogP contribution in [0, 0.1) is 5.92 Å². The van der Waals surface area contributed by atoms with Crippen molar-refractivity contribution >= 4 is 52.2 Å². The Labute approximate surface area is 274 Å². The van der Waals surface area contributed by atoms with Crippen LogP contribution in [-0.4, -0.2) is 41.7 Å². The van der Waals surface area contributed by atoms with Crippen molar-refractivity contribution in [2.24, 2.45) is 5.92 Å². The van der Waals surface area contributed by atoms with Crippen molar-refractivity contribution in [3.05, 3.63) is 98.0 Å². The third-order valence-electron chi connectivity index (χ3n) is 7.69. The first-order valence-electron chi connectivity index (χ1n) is 13.9. The average Bonchev–Trinajstić information content (AvgIpc) is 3.53. The molecule has 48 heavy (non-hydrogen) atoms. The first kappa shape index (κ1) is 33.1. The van der Waals surface area contributed by atoms with E-state index in [4.69, 9.17) is 9.47 Å². The number of thioether (sulfide) groups is 1. The Bertz CT molecular complexity index is 1990. The molecule has 0 aliphatic carbocycles. The molecule has 3 amide bonds. The Morgan fingerprint density at radius 3 is 2.25 bits per heavy atom. The number of anilines is 2. The van der Waals surface area contributed by atoms with E-state index in [0.717, 1.165) is 53.4 Å². The van der Waals surface area contributed by atoms with E-state index in [-0.39, 0.29) is 11.5 Å². The van der Waals surface area contributed by atoms with Gasteiger partial charge in [-0.3, -0.25) is 19.2 Å². The van der Waals surface area contributed by atoms with Crippen LogP contribution in [0.2, 0.25) is 0 Å². The molecule has 4 aromatic rings. The molecule has 3 heterocycles. The van der Waals surface area contributed by atoms with Crippen molar-refractivity contribution < 1.29 is 50.2 Å². The molecule has 2 aliphatic rings. The number of amides is 3. The van der Waals surface area contributed by atoms with Crippen LogP contribution in [-0.2, 0) is 26.7 Å². The smallest absolute Gasteiger partial charge is 0.418 e. The molecule has 3 aromatic carbocycles. The lowest BCUT2D eigenvalue weighted by molar-refractivity contribution is -0.138. The second-order valence-electron chi connectivity index (χ2n) is 10.6. The molecule has 3 atom stereocenters. The van der Waals surface area contributed by atoms with Crippen LogP contribution in [0.3, 0.4) is 0 Å². The van der Waals surface area contributed by atoms with Gasteiger partial charge in [0.05, 0.1) is 40.6 Å². The van der Waals surface area contributed by atoms with Gasteiger partial charge in [0.25, 0.3) is 5.91 Å². The number of halogens is 6. The number of hydrogen-bond acceptors (Lipinski definition) is 8. The number of alkyl halides is 6. The van der Waals surface area contributed by atoms with Gasteiger partial charge in [-0.2, -0.15) is 26.3 Å². The molecule has 1 aromatic heterocycles. The number of para-hydroxylation sites is 2. The monoisotopic (exact) mass is 709 g/mol. The number of methoxy groups -OCH3 is 1. The van der Waals surface area contributed by atoms with E-state index in [0.29, 0.717) is 20.4 Å². The minimum absolute atomic E-state index is 0.000670. The second kappa shape index (κ2) is 12.4. The highest BCUT2D eigenvalue weighted by Gasteiger charge is 2.57. The van der Waals surface area contributed by atoms with Crippen molar-refractivity contribution in [1.82, 2.24) is 4.98 Å². The molecule has 0 radical (unpaired) electrons. The lowest BCUT2D eigenvalue weighted by atomic mass is 9.83. The van der Waals surface area contributed by atoms with Crippen LogP contribution in [0.5, 0.6) is 11.5 Å². The molecule has 1 fully saturated rings. The van der Waals surface area contributed by atoms with Gasteiger partial charge >= 0.3 is 17.2 Å². The maximum atomic E-state index is 13.9. The number of nitrogens with one attached hydrogen (secondary N) is 2. The first-order chi connectivity index (χ1) is 22.7. The number of benzene rings is 3. The Morgan fingerprint density at radius 2 is 1.56 bits per heavy atom. The highest BCUT2D eigenvalue weighted by molar-refractivity contribution is 8.00. The van der Waals surface area contributed by atoms with Crippen LogP contribution in [0.15, 0.2) is 76.6 Å². The number of carbonyl (C=O) groups is 3. The molecule has 0 unspecified atom stereocenters. The van der Waals surface area contributed by atoms with Crippen LogP contribution in [0.4, 0.5) is 37.7 Å². The van der Waals surface area contributed by atoms with Gasteiger partial charge in [-0.1, -0.05) is 53.4 Å². The first-order valence-corrected chi connectivity index (χ1v) is 15.6. The van der Waals surface area contributed by atoms with Gasteiger partial charge in [0.1, 0.15) is 5.25 Å². The number of H-pyrrole nitrogens is 1. The third-order valence-corrected chi connectivity index (χ3v) is 10.1. The molecule has 6 rings (SSSR count). The number of aromatic nitrogens is 1. The maximum Gasteiger partial charge on any atom is 0.418 e. The Hall–Kier alpha value is -4.77. The summed E-state index contributed by atoms with van der Waals surface area (Å²) in [7, 11) is 1.27. The minimum atomic E-state index is -4.86. The normalized spacial score (nSPS) is 19.1. The van der Waals surface area contributed by atoms with Crippen LogP contribution >= 0.6 is 23.1 Å². The van der Waals surface area contributed by atoms with Crippen LogP contribution < -0.4 is 24.6 Å². The van der Waals surface area contributed by atoms with E-state index < -0.39 is 81.1 Å². The summed E-state index contributed by atoms with van der Waals surface area (Å²) < 4.78 is 92.6. The summed E-state index contributed by atoms with van der Waals surface area (Å²) in [6, 6.07) is 12.9. The van der Waals surface area contributed by atoms with Gasteiger partial charge in [-0.15, -0.1) is 0 Å². The number of rotatable bonds is 7. The van der Waals surface area contributed by atoms with E-state index in [1.807, 2.05) is 0 Å². The zero-order valence-electron chi connectivity index (χ0n) is 24.3. The van der Waals surface area contributed by atoms with Crippen molar-refractivity contribution in [3.8, 4) is 11.5 Å². The van der Waals surface area contributed by atoms with Crippen molar-refractivity contribution in [2.45, 2.75) is 28.5 Å². The quantitative estimate of drug-likeness (QED) is 0.171.